The second kappa shape index (κ2) is 12.1. The van der Waals surface area contributed by atoms with E-state index in [1.54, 1.807) is 30.3 Å². The SMILES string of the molecule is NC(=O)CC(NC(=O)Cc1ccc(Br)cc1)c1ccc(NCCc2cccc(F)c2)c([N+](=O)[O-])c1. The lowest BCUT2D eigenvalue weighted by molar-refractivity contribution is -0.384. The minimum absolute atomic E-state index is 0.0738. The Balaban J connectivity index is 1.74. The van der Waals surface area contributed by atoms with E-state index in [4.69, 9.17) is 5.73 Å². The van der Waals surface area contributed by atoms with Gasteiger partial charge in [0, 0.05) is 17.1 Å². The lowest BCUT2D eigenvalue weighted by atomic mass is 10.0. The third kappa shape index (κ3) is 7.89. The number of nitro benzene ring substituents is 1. The van der Waals surface area contributed by atoms with E-state index in [1.807, 2.05) is 12.1 Å². The maximum Gasteiger partial charge on any atom is 0.292 e. The van der Waals surface area contributed by atoms with Crippen LogP contribution in [0.25, 0.3) is 0 Å². The number of hydrogen-bond acceptors (Lipinski definition) is 5. The van der Waals surface area contributed by atoms with Crippen molar-refractivity contribution >= 4 is 39.1 Å². The molecule has 0 aliphatic rings. The summed E-state index contributed by atoms with van der Waals surface area (Å²) >= 11 is 3.34. The molecule has 0 bridgehead atoms. The molecule has 182 valence electrons. The summed E-state index contributed by atoms with van der Waals surface area (Å²) in [5.74, 6) is -1.35. The van der Waals surface area contributed by atoms with E-state index in [0.717, 1.165) is 15.6 Å². The average Bonchev–Trinajstić information content (AvgIpc) is 2.80. The molecule has 1 atom stereocenters. The van der Waals surface area contributed by atoms with Gasteiger partial charge >= 0.3 is 0 Å². The molecule has 2 amide bonds. The highest BCUT2D eigenvalue weighted by Gasteiger charge is 2.22. The first-order valence-electron chi connectivity index (χ1n) is 10.8. The molecule has 0 fully saturated rings. The maximum atomic E-state index is 13.4. The summed E-state index contributed by atoms with van der Waals surface area (Å²) < 4.78 is 14.2. The fraction of sp³-hybridized carbons (Fsp3) is 0.200. The van der Waals surface area contributed by atoms with Gasteiger partial charge in [-0.05, 0) is 53.4 Å². The largest absolute Gasteiger partial charge is 0.379 e. The van der Waals surface area contributed by atoms with E-state index in [-0.39, 0.29) is 35.9 Å². The zero-order valence-electron chi connectivity index (χ0n) is 18.7. The van der Waals surface area contributed by atoms with E-state index in [1.165, 1.54) is 24.3 Å². The van der Waals surface area contributed by atoms with Crippen molar-refractivity contribution in [3.8, 4) is 0 Å². The molecule has 3 aromatic carbocycles. The Kier molecular flexibility index (Phi) is 8.91. The Morgan fingerprint density at radius 3 is 2.46 bits per heavy atom. The second-order valence-electron chi connectivity index (χ2n) is 7.93. The van der Waals surface area contributed by atoms with Crippen LogP contribution >= 0.6 is 15.9 Å². The van der Waals surface area contributed by atoms with Crippen molar-refractivity contribution in [2.75, 3.05) is 11.9 Å². The van der Waals surface area contributed by atoms with Crippen LogP contribution in [0.4, 0.5) is 15.8 Å². The van der Waals surface area contributed by atoms with Crippen molar-refractivity contribution in [3.05, 3.63) is 104 Å². The van der Waals surface area contributed by atoms with Gasteiger partial charge in [-0.25, -0.2) is 4.39 Å². The van der Waals surface area contributed by atoms with E-state index < -0.39 is 16.9 Å². The number of amides is 2. The Labute approximate surface area is 210 Å². The summed E-state index contributed by atoms with van der Waals surface area (Å²) in [5, 5.41) is 17.5. The Morgan fingerprint density at radius 1 is 1.06 bits per heavy atom. The molecule has 3 rings (SSSR count). The fourth-order valence-corrected chi connectivity index (χ4v) is 3.85. The number of anilines is 1. The predicted molar refractivity (Wildman–Crippen MR) is 134 cm³/mol. The van der Waals surface area contributed by atoms with Gasteiger partial charge in [-0.1, -0.05) is 46.3 Å². The average molecular weight is 543 g/mol. The summed E-state index contributed by atoms with van der Waals surface area (Å²) in [4.78, 5) is 35.4. The lowest BCUT2D eigenvalue weighted by Crippen LogP contribution is -2.32. The molecule has 3 aromatic rings. The van der Waals surface area contributed by atoms with E-state index >= 15 is 0 Å². The van der Waals surface area contributed by atoms with Gasteiger partial charge in [0.1, 0.15) is 11.5 Å². The lowest BCUT2D eigenvalue weighted by Gasteiger charge is -2.19. The van der Waals surface area contributed by atoms with Crippen molar-refractivity contribution < 1.29 is 18.9 Å². The van der Waals surface area contributed by atoms with Crippen LogP contribution in [-0.2, 0) is 22.4 Å². The highest BCUT2D eigenvalue weighted by Crippen LogP contribution is 2.29. The number of nitrogens with two attached hydrogens (primary N) is 1. The summed E-state index contributed by atoms with van der Waals surface area (Å²) in [6.45, 7) is 0.346. The molecular formula is C25H24BrFN4O4. The minimum Gasteiger partial charge on any atom is -0.379 e. The molecule has 35 heavy (non-hydrogen) atoms. The molecule has 0 saturated carbocycles. The predicted octanol–water partition coefficient (Wildman–Crippen LogP) is 4.43. The van der Waals surface area contributed by atoms with Gasteiger partial charge in [-0.3, -0.25) is 19.7 Å². The Morgan fingerprint density at radius 2 is 1.80 bits per heavy atom. The van der Waals surface area contributed by atoms with E-state index in [9.17, 15) is 24.1 Å². The van der Waals surface area contributed by atoms with Gasteiger partial charge in [-0.15, -0.1) is 0 Å². The summed E-state index contributed by atoms with van der Waals surface area (Å²) in [6.07, 6.45) is 0.326. The molecule has 0 radical (unpaired) electrons. The van der Waals surface area contributed by atoms with Crippen LogP contribution in [0.1, 0.15) is 29.2 Å². The molecule has 0 saturated heterocycles. The van der Waals surface area contributed by atoms with Gasteiger partial charge in [0.15, 0.2) is 0 Å². The quantitative estimate of drug-likeness (QED) is 0.244. The van der Waals surface area contributed by atoms with Crippen LogP contribution in [-0.4, -0.2) is 23.3 Å². The number of carbonyl (C=O) groups excluding carboxylic acids is 2. The van der Waals surface area contributed by atoms with Crippen molar-refractivity contribution in [2.24, 2.45) is 5.73 Å². The molecule has 0 aliphatic heterocycles. The number of nitrogens with one attached hydrogen (secondary N) is 2. The molecule has 8 nitrogen and oxygen atoms in total. The Bertz CT molecular complexity index is 1220. The molecule has 4 N–H and O–H groups in total. The summed E-state index contributed by atoms with van der Waals surface area (Å²) in [6, 6.07) is 17.0. The molecule has 1 unspecified atom stereocenters. The van der Waals surface area contributed by atoms with E-state index in [2.05, 4.69) is 26.6 Å². The number of benzene rings is 3. The summed E-state index contributed by atoms with van der Waals surface area (Å²) in [5.41, 5.74) is 7.34. The van der Waals surface area contributed by atoms with Crippen molar-refractivity contribution in [2.45, 2.75) is 25.3 Å². The normalized spacial score (nSPS) is 11.5. The maximum absolute atomic E-state index is 13.4. The number of hydrogen-bond donors (Lipinski definition) is 3. The molecule has 0 aliphatic carbocycles. The monoisotopic (exact) mass is 542 g/mol. The highest BCUT2D eigenvalue weighted by molar-refractivity contribution is 9.10. The van der Waals surface area contributed by atoms with Gasteiger partial charge < -0.3 is 16.4 Å². The van der Waals surface area contributed by atoms with Crippen LogP contribution in [0, 0.1) is 15.9 Å². The molecule has 0 aromatic heterocycles. The number of halogens is 2. The second-order valence-corrected chi connectivity index (χ2v) is 8.85. The van der Waals surface area contributed by atoms with Crippen molar-refractivity contribution in [1.82, 2.24) is 5.32 Å². The standard InChI is InChI=1S/C25H24BrFN4O4/c26-19-7-4-17(5-8-19)13-25(33)30-22(15-24(28)32)18-6-9-21(23(14-18)31(34)35)29-11-10-16-2-1-3-20(27)12-16/h1-9,12,14,22,29H,10-11,13,15H2,(H2,28,32)(H,30,33). The van der Waals surface area contributed by atoms with Crippen LogP contribution in [0.2, 0.25) is 0 Å². The zero-order chi connectivity index (χ0) is 25.4. The number of primary amides is 1. The third-order valence-electron chi connectivity index (χ3n) is 5.26. The first-order chi connectivity index (χ1) is 16.7. The fourth-order valence-electron chi connectivity index (χ4n) is 3.59. The van der Waals surface area contributed by atoms with E-state index in [0.29, 0.717) is 18.5 Å². The van der Waals surface area contributed by atoms with Crippen molar-refractivity contribution in [3.63, 3.8) is 0 Å². The third-order valence-corrected chi connectivity index (χ3v) is 5.79. The topological polar surface area (TPSA) is 127 Å². The van der Waals surface area contributed by atoms with Gasteiger partial charge in [0.05, 0.1) is 23.8 Å². The molecule has 0 heterocycles. The van der Waals surface area contributed by atoms with Crippen molar-refractivity contribution in [1.29, 1.82) is 0 Å². The smallest absolute Gasteiger partial charge is 0.292 e. The molecule has 0 spiro atoms. The number of nitrogens with zero attached hydrogens (tertiary/aromatic N) is 1. The van der Waals surface area contributed by atoms with Crippen LogP contribution in [0.3, 0.4) is 0 Å². The van der Waals surface area contributed by atoms with Crippen LogP contribution in [0.15, 0.2) is 71.2 Å². The molecular weight excluding hydrogens is 519 g/mol. The van der Waals surface area contributed by atoms with Gasteiger partial charge in [0.2, 0.25) is 11.8 Å². The highest BCUT2D eigenvalue weighted by atomic mass is 79.9. The minimum atomic E-state index is -0.824. The first-order valence-corrected chi connectivity index (χ1v) is 11.6. The number of nitro groups is 1. The van der Waals surface area contributed by atoms with Gasteiger partial charge in [-0.2, -0.15) is 0 Å². The van der Waals surface area contributed by atoms with Crippen LogP contribution in [0.5, 0.6) is 0 Å². The van der Waals surface area contributed by atoms with Gasteiger partial charge in [0.25, 0.3) is 5.69 Å². The molecule has 10 heteroatoms. The Hall–Kier alpha value is -3.79. The first kappa shape index (κ1) is 25.8. The van der Waals surface area contributed by atoms with Crippen LogP contribution < -0.4 is 16.4 Å². The number of rotatable bonds is 11. The number of carbonyl (C=O) groups is 2. The summed E-state index contributed by atoms with van der Waals surface area (Å²) in [7, 11) is 0. The zero-order valence-corrected chi connectivity index (χ0v) is 20.3.